The summed E-state index contributed by atoms with van der Waals surface area (Å²) in [5, 5.41) is 1.75. The fourth-order valence-corrected chi connectivity index (χ4v) is 6.47. The van der Waals surface area contributed by atoms with Crippen LogP contribution in [0, 0.1) is 0 Å². The molecule has 3 aliphatic rings. The normalized spacial score (nSPS) is 23.2. The number of benzene rings is 1. The molecule has 0 bridgehead atoms. The maximum Gasteiger partial charge on any atom is 0.357 e. The second-order valence-corrected chi connectivity index (χ2v) is 9.86. The summed E-state index contributed by atoms with van der Waals surface area (Å²) in [6.07, 6.45) is 1.75. The van der Waals surface area contributed by atoms with Gasteiger partial charge in [0.15, 0.2) is 5.70 Å². The van der Waals surface area contributed by atoms with E-state index in [0.717, 1.165) is 11.3 Å². The molecule has 0 N–H and O–H groups in total. The molecule has 5 rings (SSSR count). The van der Waals surface area contributed by atoms with Crippen LogP contribution in [-0.4, -0.2) is 74.5 Å². The van der Waals surface area contributed by atoms with E-state index in [4.69, 9.17) is 14.2 Å². The second-order valence-electron chi connectivity index (χ2n) is 8.91. The Hall–Kier alpha value is -4.25. The lowest BCUT2D eigenvalue weighted by molar-refractivity contribution is -0.144. The van der Waals surface area contributed by atoms with Gasteiger partial charge >= 0.3 is 17.9 Å². The van der Waals surface area contributed by atoms with E-state index in [9.17, 15) is 19.2 Å². The van der Waals surface area contributed by atoms with Crippen molar-refractivity contribution < 1.29 is 33.4 Å². The molecule has 2 unspecified atom stereocenters. The monoisotopic (exact) mass is 535 g/mol. The predicted octanol–water partition coefficient (Wildman–Crippen LogP) is 2.46. The second kappa shape index (κ2) is 9.56. The minimum absolute atomic E-state index is 0.0183. The smallest absolute Gasteiger partial charge is 0.357 e. The summed E-state index contributed by atoms with van der Waals surface area (Å²) >= 11 is 1.22. The molecule has 1 aromatic carbocycles. The minimum atomic E-state index is -1.16. The van der Waals surface area contributed by atoms with Crippen molar-refractivity contribution in [3.8, 4) is 0 Å². The molecule has 196 valence electrons. The van der Waals surface area contributed by atoms with Crippen LogP contribution in [0.3, 0.4) is 0 Å². The van der Waals surface area contributed by atoms with Gasteiger partial charge in [-0.05, 0) is 29.5 Å². The Morgan fingerprint density at radius 2 is 1.82 bits per heavy atom. The number of para-hydroxylation sites is 1. The SMILES string of the molecule is C=CCN1c2ccccc2[C@]23CC(C(=O)OC)N(C(=O)c4cccs4)C2=NC(C(=O)OC)=C(C(=O)OC)C13. The number of nitrogens with zero attached hydrogens (tertiary/aromatic N) is 3. The Bertz CT molecular complexity index is 1410. The van der Waals surface area contributed by atoms with Gasteiger partial charge in [0, 0.05) is 12.2 Å². The van der Waals surface area contributed by atoms with Gasteiger partial charge in [-0.15, -0.1) is 17.9 Å². The fourth-order valence-electron chi connectivity index (χ4n) is 5.81. The zero-order chi connectivity index (χ0) is 27.2. The van der Waals surface area contributed by atoms with E-state index in [2.05, 4.69) is 11.6 Å². The average molecular weight is 536 g/mol. The summed E-state index contributed by atoms with van der Waals surface area (Å²) in [4.78, 5) is 61.7. The van der Waals surface area contributed by atoms with Crippen LogP contribution in [0.5, 0.6) is 0 Å². The highest BCUT2D eigenvalue weighted by Crippen LogP contribution is 2.58. The van der Waals surface area contributed by atoms with Crippen molar-refractivity contribution >= 4 is 46.7 Å². The molecule has 1 spiro atoms. The van der Waals surface area contributed by atoms with Crippen LogP contribution < -0.4 is 4.90 Å². The molecule has 0 saturated carbocycles. The third kappa shape index (κ3) is 3.42. The Morgan fingerprint density at radius 3 is 2.45 bits per heavy atom. The number of fused-ring (bicyclic) bond motifs is 1. The molecule has 2 aromatic rings. The van der Waals surface area contributed by atoms with Gasteiger partial charge in [0.05, 0.1) is 43.2 Å². The number of carbonyl (C=O) groups excluding carboxylic acids is 4. The van der Waals surface area contributed by atoms with E-state index < -0.39 is 41.3 Å². The first-order valence-electron chi connectivity index (χ1n) is 11.8. The van der Waals surface area contributed by atoms with Crippen molar-refractivity contribution in [2.24, 2.45) is 4.99 Å². The third-order valence-corrected chi connectivity index (χ3v) is 8.06. The highest BCUT2D eigenvalue weighted by molar-refractivity contribution is 7.12. The number of amides is 1. The number of hydrogen-bond donors (Lipinski definition) is 0. The maximum absolute atomic E-state index is 13.9. The Morgan fingerprint density at radius 1 is 1.08 bits per heavy atom. The highest BCUT2D eigenvalue weighted by atomic mass is 32.1. The lowest BCUT2D eigenvalue weighted by atomic mass is 9.69. The number of methoxy groups -OCH3 is 3. The highest BCUT2D eigenvalue weighted by Gasteiger charge is 2.67. The first-order chi connectivity index (χ1) is 18.3. The Labute approximate surface area is 222 Å². The molecule has 3 aliphatic heterocycles. The molecule has 1 fully saturated rings. The lowest BCUT2D eigenvalue weighted by Gasteiger charge is -2.40. The van der Waals surface area contributed by atoms with E-state index in [1.807, 2.05) is 29.2 Å². The molecule has 1 saturated heterocycles. The number of carbonyl (C=O) groups is 4. The third-order valence-electron chi connectivity index (χ3n) is 7.21. The van der Waals surface area contributed by atoms with Gasteiger partial charge in [-0.3, -0.25) is 9.69 Å². The van der Waals surface area contributed by atoms with Gasteiger partial charge < -0.3 is 19.1 Å². The van der Waals surface area contributed by atoms with Crippen LogP contribution in [0.2, 0.25) is 0 Å². The molecule has 0 aliphatic carbocycles. The van der Waals surface area contributed by atoms with Crippen LogP contribution >= 0.6 is 11.3 Å². The molecule has 4 heterocycles. The van der Waals surface area contributed by atoms with Crippen molar-refractivity contribution in [1.29, 1.82) is 0 Å². The number of amidine groups is 1. The van der Waals surface area contributed by atoms with Gasteiger partial charge in [-0.2, -0.15) is 0 Å². The molecule has 38 heavy (non-hydrogen) atoms. The van der Waals surface area contributed by atoms with Crippen LogP contribution in [0.15, 0.2) is 70.7 Å². The molecule has 1 aromatic heterocycles. The molecular formula is C27H25N3O7S. The standard InChI is InChI=1S/C27H25N3O7S/c1-5-12-29-16-10-7-6-9-15(16)27-14-17(23(32)35-2)30(22(31)18-11-8-13-38-18)26(27)28-20(25(34)37-4)19(21(27)29)24(33)36-3/h5-11,13,17,21H,1,12,14H2,2-4H3/t17?,21?,27-/m0/s1. The van der Waals surface area contributed by atoms with Crippen LogP contribution in [0.4, 0.5) is 5.69 Å². The molecule has 3 atom stereocenters. The molecule has 11 heteroatoms. The van der Waals surface area contributed by atoms with Gasteiger partial charge in [0.1, 0.15) is 11.9 Å². The number of aliphatic imine (C=N–C) groups is 1. The maximum atomic E-state index is 13.9. The molecular weight excluding hydrogens is 510 g/mol. The molecule has 1 amide bonds. The van der Waals surface area contributed by atoms with E-state index in [1.54, 1.807) is 23.6 Å². The van der Waals surface area contributed by atoms with E-state index in [1.165, 1.54) is 37.6 Å². The van der Waals surface area contributed by atoms with Gasteiger partial charge in [-0.1, -0.05) is 30.3 Å². The molecule has 10 nitrogen and oxygen atoms in total. The van der Waals surface area contributed by atoms with Crippen LogP contribution in [0.25, 0.3) is 0 Å². The Balaban J connectivity index is 1.87. The summed E-state index contributed by atoms with van der Waals surface area (Å²) in [7, 11) is 3.64. The van der Waals surface area contributed by atoms with E-state index in [0.29, 0.717) is 11.4 Å². The quantitative estimate of drug-likeness (QED) is 0.315. The van der Waals surface area contributed by atoms with Crippen molar-refractivity contribution in [3.05, 3.63) is 76.1 Å². The number of thiophene rings is 1. The summed E-state index contributed by atoms with van der Waals surface area (Å²) < 4.78 is 15.3. The summed E-state index contributed by atoms with van der Waals surface area (Å²) in [5.41, 5.74) is 0.0476. The van der Waals surface area contributed by atoms with E-state index >= 15 is 0 Å². The van der Waals surface area contributed by atoms with Gasteiger partial charge in [0.2, 0.25) is 0 Å². The van der Waals surface area contributed by atoms with Crippen molar-refractivity contribution in [3.63, 3.8) is 0 Å². The van der Waals surface area contributed by atoms with Gasteiger partial charge in [-0.25, -0.2) is 19.4 Å². The summed E-state index contributed by atoms with van der Waals surface area (Å²) in [5.74, 6) is -2.57. The fraction of sp³-hybridized carbons (Fsp3) is 0.296. The topological polar surface area (TPSA) is 115 Å². The van der Waals surface area contributed by atoms with Crippen molar-refractivity contribution in [1.82, 2.24) is 4.90 Å². The zero-order valence-corrected chi connectivity index (χ0v) is 21.8. The van der Waals surface area contributed by atoms with Crippen LogP contribution in [0.1, 0.15) is 21.7 Å². The van der Waals surface area contributed by atoms with Crippen molar-refractivity contribution in [2.75, 3.05) is 32.8 Å². The first-order valence-corrected chi connectivity index (χ1v) is 12.7. The van der Waals surface area contributed by atoms with E-state index in [-0.39, 0.29) is 23.5 Å². The summed E-state index contributed by atoms with van der Waals surface area (Å²) in [6, 6.07) is 8.92. The summed E-state index contributed by atoms with van der Waals surface area (Å²) in [6.45, 7) is 4.18. The number of likely N-dealkylation sites (tertiary alicyclic amines) is 1. The lowest BCUT2D eigenvalue weighted by Crippen LogP contribution is -2.55. The Kier molecular flexibility index (Phi) is 6.39. The molecule has 0 radical (unpaired) electrons. The number of esters is 3. The largest absolute Gasteiger partial charge is 0.467 e. The predicted molar refractivity (Wildman–Crippen MR) is 139 cm³/mol. The first kappa shape index (κ1) is 25.4. The number of rotatable bonds is 6. The number of anilines is 1. The van der Waals surface area contributed by atoms with Crippen LogP contribution in [-0.2, 0) is 34.0 Å². The number of ether oxygens (including phenoxy) is 3. The zero-order valence-electron chi connectivity index (χ0n) is 21.0. The van der Waals surface area contributed by atoms with Gasteiger partial charge in [0.25, 0.3) is 5.91 Å². The van der Waals surface area contributed by atoms with Crippen molar-refractivity contribution in [2.45, 2.75) is 23.9 Å². The number of hydrogen-bond acceptors (Lipinski definition) is 10. The minimum Gasteiger partial charge on any atom is -0.467 e. The average Bonchev–Trinajstić information content (AvgIpc) is 3.66.